The standard InChI is InChI=1S/C10H18N4OS/c1-15-6-8(11)3-4-12-9-5-10(16-2)14-7-13-9/h5,7-8H,3-4,6,11H2,1-2H3,(H,12,13,14). The van der Waals surface area contributed by atoms with Crippen LogP contribution in [0.5, 0.6) is 0 Å². The van der Waals surface area contributed by atoms with Crippen molar-refractivity contribution in [2.75, 3.05) is 31.8 Å². The van der Waals surface area contributed by atoms with Crippen LogP contribution in [0.25, 0.3) is 0 Å². The van der Waals surface area contributed by atoms with Crippen LogP contribution in [0.3, 0.4) is 0 Å². The van der Waals surface area contributed by atoms with Gasteiger partial charge in [-0.25, -0.2) is 9.97 Å². The molecule has 1 heterocycles. The minimum absolute atomic E-state index is 0.0688. The zero-order chi connectivity index (χ0) is 11.8. The molecule has 0 aliphatic rings. The molecule has 3 N–H and O–H groups in total. The Kier molecular flexibility index (Phi) is 6.14. The molecule has 6 heteroatoms. The third-order valence-corrected chi connectivity index (χ3v) is 2.69. The molecule has 90 valence electrons. The molecule has 5 nitrogen and oxygen atoms in total. The number of nitrogens with one attached hydrogen (secondary N) is 1. The van der Waals surface area contributed by atoms with Crippen LogP contribution in [0, 0.1) is 0 Å². The minimum Gasteiger partial charge on any atom is -0.383 e. The van der Waals surface area contributed by atoms with E-state index in [0.29, 0.717) is 6.61 Å². The van der Waals surface area contributed by atoms with Crippen LogP contribution in [0.4, 0.5) is 5.82 Å². The molecule has 16 heavy (non-hydrogen) atoms. The van der Waals surface area contributed by atoms with Gasteiger partial charge in [-0.15, -0.1) is 11.8 Å². The molecule has 0 aliphatic carbocycles. The van der Waals surface area contributed by atoms with Gasteiger partial charge in [-0.1, -0.05) is 0 Å². The number of methoxy groups -OCH3 is 1. The predicted molar refractivity (Wildman–Crippen MR) is 66.8 cm³/mol. The Hall–Kier alpha value is -0.850. The van der Waals surface area contributed by atoms with Gasteiger partial charge in [0.25, 0.3) is 0 Å². The Morgan fingerprint density at radius 2 is 2.38 bits per heavy atom. The molecule has 1 aromatic rings. The molecule has 1 aromatic heterocycles. The molecular weight excluding hydrogens is 224 g/mol. The Morgan fingerprint density at radius 1 is 1.56 bits per heavy atom. The number of anilines is 1. The number of nitrogens with two attached hydrogens (primary N) is 1. The fourth-order valence-corrected chi connectivity index (χ4v) is 1.61. The van der Waals surface area contributed by atoms with E-state index in [1.165, 1.54) is 0 Å². The number of rotatable bonds is 7. The van der Waals surface area contributed by atoms with Crippen molar-refractivity contribution in [1.82, 2.24) is 9.97 Å². The maximum absolute atomic E-state index is 5.80. The lowest BCUT2D eigenvalue weighted by Gasteiger charge is -2.11. The first-order valence-corrected chi connectivity index (χ1v) is 6.33. The molecule has 0 bridgehead atoms. The van der Waals surface area contributed by atoms with Gasteiger partial charge in [0.15, 0.2) is 0 Å². The maximum atomic E-state index is 5.80. The second-order valence-corrected chi connectivity index (χ2v) is 4.20. The van der Waals surface area contributed by atoms with Gasteiger partial charge in [-0.05, 0) is 12.7 Å². The molecule has 1 rings (SSSR count). The summed E-state index contributed by atoms with van der Waals surface area (Å²) in [5, 5.41) is 4.17. The van der Waals surface area contributed by atoms with Gasteiger partial charge in [0.1, 0.15) is 17.2 Å². The molecule has 0 fully saturated rings. The van der Waals surface area contributed by atoms with Crippen LogP contribution in [0.15, 0.2) is 17.4 Å². The van der Waals surface area contributed by atoms with E-state index in [4.69, 9.17) is 10.5 Å². The summed E-state index contributed by atoms with van der Waals surface area (Å²) in [6, 6.07) is 1.99. The lowest BCUT2D eigenvalue weighted by atomic mass is 10.2. The van der Waals surface area contributed by atoms with E-state index in [1.54, 1.807) is 25.2 Å². The first kappa shape index (κ1) is 13.2. The van der Waals surface area contributed by atoms with E-state index in [1.807, 2.05) is 12.3 Å². The highest BCUT2D eigenvalue weighted by Crippen LogP contribution is 2.13. The normalized spacial score (nSPS) is 12.4. The molecule has 1 unspecified atom stereocenters. The fraction of sp³-hybridized carbons (Fsp3) is 0.600. The largest absolute Gasteiger partial charge is 0.383 e. The summed E-state index contributed by atoms with van der Waals surface area (Å²) < 4.78 is 4.96. The quantitative estimate of drug-likeness (QED) is 0.548. The Labute approximate surface area is 100 Å². The summed E-state index contributed by atoms with van der Waals surface area (Å²) in [7, 11) is 1.66. The molecular formula is C10H18N4OS. The smallest absolute Gasteiger partial charge is 0.130 e. The highest BCUT2D eigenvalue weighted by Gasteiger charge is 2.02. The topological polar surface area (TPSA) is 73.1 Å². The van der Waals surface area contributed by atoms with Crippen molar-refractivity contribution in [3.8, 4) is 0 Å². The zero-order valence-corrected chi connectivity index (χ0v) is 10.5. The first-order chi connectivity index (χ1) is 7.76. The average molecular weight is 242 g/mol. The van der Waals surface area contributed by atoms with Crippen molar-refractivity contribution < 1.29 is 4.74 Å². The van der Waals surface area contributed by atoms with Crippen molar-refractivity contribution in [1.29, 1.82) is 0 Å². The highest BCUT2D eigenvalue weighted by molar-refractivity contribution is 7.98. The van der Waals surface area contributed by atoms with E-state index in [9.17, 15) is 0 Å². The monoisotopic (exact) mass is 242 g/mol. The summed E-state index contributed by atoms with van der Waals surface area (Å²) >= 11 is 1.60. The van der Waals surface area contributed by atoms with Crippen LogP contribution in [0.1, 0.15) is 6.42 Å². The number of hydrogen-bond acceptors (Lipinski definition) is 6. The first-order valence-electron chi connectivity index (χ1n) is 5.10. The predicted octanol–water partition coefficient (Wildman–Crippen LogP) is 0.974. The van der Waals surface area contributed by atoms with Gasteiger partial charge in [0.05, 0.1) is 6.61 Å². The summed E-state index contributed by atoms with van der Waals surface area (Å²) in [6.45, 7) is 1.37. The summed E-state index contributed by atoms with van der Waals surface area (Å²) in [6.07, 6.45) is 4.40. The highest BCUT2D eigenvalue weighted by atomic mass is 32.2. The van der Waals surface area contributed by atoms with Crippen molar-refractivity contribution in [2.24, 2.45) is 5.73 Å². The van der Waals surface area contributed by atoms with E-state index in [2.05, 4.69) is 15.3 Å². The maximum Gasteiger partial charge on any atom is 0.130 e. The molecule has 0 saturated heterocycles. The van der Waals surface area contributed by atoms with E-state index in [0.717, 1.165) is 23.8 Å². The molecule has 0 radical (unpaired) electrons. The lowest BCUT2D eigenvalue weighted by molar-refractivity contribution is 0.178. The number of aromatic nitrogens is 2. The van der Waals surface area contributed by atoms with Crippen molar-refractivity contribution >= 4 is 17.6 Å². The fourth-order valence-electron chi connectivity index (χ4n) is 1.23. The van der Waals surface area contributed by atoms with Crippen LogP contribution in [-0.2, 0) is 4.74 Å². The molecule has 0 aromatic carbocycles. The van der Waals surface area contributed by atoms with E-state index in [-0.39, 0.29) is 6.04 Å². The molecule has 0 spiro atoms. The number of thioether (sulfide) groups is 1. The van der Waals surface area contributed by atoms with Crippen LogP contribution >= 0.6 is 11.8 Å². The van der Waals surface area contributed by atoms with Crippen molar-refractivity contribution in [3.05, 3.63) is 12.4 Å². The number of nitrogens with zero attached hydrogens (tertiary/aromatic N) is 2. The van der Waals surface area contributed by atoms with Gasteiger partial charge < -0.3 is 15.8 Å². The van der Waals surface area contributed by atoms with Crippen molar-refractivity contribution in [2.45, 2.75) is 17.5 Å². The summed E-state index contributed by atoms with van der Waals surface area (Å²) in [4.78, 5) is 8.22. The third-order valence-electron chi connectivity index (χ3n) is 2.05. The number of ether oxygens (including phenoxy) is 1. The van der Waals surface area contributed by atoms with Crippen LogP contribution in [-0.4, -0.2) is 42.5 Å². The lowest BCUT2D eigenvalue weighted by Crippen LogP contribution is -2.28. The minimum atomic E-state index is 0.0688. The molecule has 0 aliphatic heterocycles. The van der Waals surface area contributed by atoms with E-state index < -0.39 is 0 Å². The second kappa shape index (κ2) is 7.43. The summed E-state index contributed by atoms with van der Waals surface area (Å²) in [5.74, 6) is 0.837. The van der Waals surface area contributed by atoms with Crippen LogP contribution in [0.2, 0.25) is 0 Å². The molecule has 1 atom stereocenters. The summed E-state index contributed by atoms with van der Waals surface area (Å²) in [5.41, 5.74) is 5.80. The SMILES string of the molecule is COCC(N)CCNc1cc(SC)ncn1. The van der Waals surface area contributed by atoms with Gasteiger partial charge in [-0.2, -0.15) is 0 Å². The van der Waals surface area contributed by atoms with E-state index >= 15 is 0 Å². The second-order valence-electron chi connectivity index (χ2n) is 3.38. The van der Waals surface area contributed by atoms with Crippen molar-refractivity contribution in [3.63, 3.8) is 0 Å². The van der Waals surface area contributed by atoms with Gasteiger partial charge >= 0.3 is 0 Å². The molecule has 0 amide bonds. The molecule has 0 saturated carbocycles. The van der Waals surface area contributed by atoms with Gasteiger partial charge in [-0.3, -0.25) is 0 Å². The Balaban J connectivity index is 2.31. The van der Waals surface area contributed by atoms with Crippen LogP contribution < -0.4 is 11.1 Å². The van der Waals surface area contributed by atoms with Gasteiger partial charge in [0, 0.05) is 25.8 Å². The number of hydrogen-bond donors (Lipinski definition) is 2. The van der Waals surface area contributed by atoms with Gasteiger partial charge in [0.2, 0.25) is 0 Å². The average Bonchev–Trinajstić information content (AvgIpc) is 2.30. The Bertz CT molecular complexity index is 311. The Morgan fingerprint density at radius 3 is 3.06 bits per heavy atom. The zero-order valence-electron chi connectivity index (χ0n) is 9.64. The third kappa shape index (κ3) is 4.78.